The van der Waals surface area contributed by atoms with Gasteiger partial charge in [0.2, 0.25) is 0 Å². The Morgan fingerprint density at radius 1 is 1.30 bits per heavy atom. The van der Waals surface area contributed by atoms with Gasteiger partial charge in [0.15, 0.2) is 0 Å². The van der Waals surface area contributed by atoms with Crippen LogP contribution in [0, 0.1) is 6.92 Å². The number of nitrogens with one attached hydrogen (secondary N) is 2. The third-order valence-corrected chi connectivity index (χ3v) is 6.49. The van der Waals surface area contributed by atoms with Gasteiger partial charge in [-0.2, -0.15) is 0 Å². The summed E-state index contributed by atoms with van der Waals surface area (Å²) in [7, 11) is -3.42. The second kappa shape index (κ2) is 7.00. The van der Waals surface area contributed by atoms with E-state index in [-0.39, 0.29) is 0 Å². The van der Waals surface area contributed by atoms with Crippen molar-refractivity contribution in [2.75, 3.05) is 19.6 Å². The lowest BCUT2D eigenvalue weighted by atomic mass is 10.2. The van der Waals surface area contributed by atoms with Gasteiger partial charge in [-0.25, -0.2) is 13.4 Å². The van der Waals surface area contributed by atoms with Gasteiger partial charge in [0.1, 0.15) is 4.21 Å². The van der Waals surface area contributed by atoms with E-state index >= 15 is 0 Å². The van der Waals surface area contributed by atoms with E-state index in [9.17, 15) is 8.42 Å². The average Bonchev–Trinajstić information content (AvgIpc) is 2.79. The molecule has 0 saturated carbocycles. The number of nitrogens with zero attached hydrogens (tertiary/aromatic N) is 1. The Hall–Kier alpha value is -0.470. The molecule has 0 unspecified atom stereocenters. The van der Waals surface area contributed by atoms with Gasteiger partial charge in [0.05, 0.1) is 0 Å². The SMILES string of the molecule is CCNCc1sc(S(=O)(=O)NN2CCCCC2)cc1C. The van der Waals surface area contributed by atoms with Gasteiger partial charge in [-0.15, -0.1) is 16.2 Å². The van der Waals surface area contributed by atoms with Crippen LogP contribution in [0.5, 0.6) is 0 Å². The Labute approximate surface area is 125 Å². The van der Waals surface area contributed by atoms with Crippen LogP contribution in [0.15, 0.2) is 10.3 Å². The van der Waals surface area contributed by atoms with E-state index in [4.69, 9.17) is 0 Å². The highest BCUT2D eigenvalue weighted by Gasteiger charge is 2.22. The van der Waals surface area contributed by atoms with E-state index in [1.807, 2.05) is 18.9 Å². The van der Waals surface area contributed by atoms with Crippen molar-refractivity contribution in [3.05, 3.63) is 16.5 Å². The van der Waals surface area contributed by atoms with Gasteiger partial charge in [0, 0.05) is 24.5 Å². The van der Waals surface area contributed by atoms with E-state index in [1.165, 1.54) is 17.8 Å². The molecule has 2 rings (SSSR count). The van der Waals surface area contributed by atoms with Crippen molar-refractivity contribution in [2.24, 2.45) is 0 Å². The molecule has 1 saturated heterocycles. The van der Waals surface area contributed by atoms with E-state index < -0.39 is 10.0 Å². The summed E-state index contributed by atoms with van der Waals surface area (Å²) in [4.78, 5) is 3.79. The zero-order chi connectivity index (χ0) is 14.6. The number of hydrogen-bond donors (Lipinski definition) is 2. The standard InChI is InChI=1S/C13H23N3O2S2/c1-3-14-10-12-11(2)9-13(19-12)20(17,18)15-16-7-5-4-6-8-16/h9,14-15H,3-8,10H2,1-2H3. The Morgan fingerprint density at radius 3 is 2.65 bits per heavy atom. The molecule has 1 aromatic rings. The first-order valence-corrected chi connectivity index (χ1v) is 9.40. The van der Waals surface area contributed by atoms with Crippen LogP contribution in [0.2, 0.25) is 0 Å². The van der Waals surface area contributed by atoms with Gasteiger partial charge in [-0.1, -0.05) is 13.3 Å². The molecule has 2 N–H and O–H groups in total. The molecule has 7 heteroatoms. The fraction of sp³-hybridized carbons (Fsp3) is 0.692. The van der Waals surface area contributed by atoms with E-state index in [0.717, 1.165) is 49.5 Å². The number of piperidine rings is 1. The number of aryl methyl sites for hydroxylation is 1. The van der Waals surface area contributed by atoms with Gasteiger partial charge >= 0.3 is 0 Å². The molecule has 0 spiro atoms. The fourth-order valence-corrected chi connectivity index (χ4v) is 4.90. The number of hydrogen-bond acceptors (Lipinski definition) is 5. The monoisotopic (exact) mass is 317 g/mol. The zero-order valence-corrected chi connectivity index (χ0v) is 13.7. The molecule has 0 aromatic carbocycles. The molecule has 5 nitrogen and oxygen atoms in total. The Bertz CT molecular complexity index is 534. The van der Waals surface area contributed by atoms with Crippen LogP contribution in [0.1, 0.15) is 36.6 Å². The normalized spacial score (nSPS) is 17.5. The van der Waals surface area contributed by atoms with Crippen LogP contribution < -0.4 is 10.1 Å². The first-order chi connectivity index (χ1) is 9.53. The van der Waals surface area contributed by atoms with Gasteiger partial charge in [-0.05, 0) is 37.9 Å². The topological polar surface area (TPSA) is 61.4 Å². The second-order valence-corrected chi connectivity index (χ2v) is 8.12. The van der Waals surface area contributed by atoms with Crippen LogP contribution in [-0.4, -0.2) is 33.1 Å². The largest absolute Gasteiger partial charge is 0.312 e. The third-order valence-electron chi connectivity index (χ3n) is 3.40. The highest BCUT2D eigenvalue weighted by Crippen LogP contribution is 2.26. The Balaban J connectivity index is 2.08. The summed E-state index contributed by atoms with van der Waals surface area (Å²) >= 11 is 1.36. The maximum absolute atomic E-state index is 12.4. The molecule has 0 atom stereocenters. The van der Waals surface area contributed by atoms with Crippen molar-refractivity contribution in [3.8, 4) is 0 Å². The van der Waals surface area contributed by atoms with Crippen molar-refractivity contribution in [2.45, 2.75) is 43.9 Å². The molecule has 1 aromatic heterocycles. The lowest BCUT2D eigenvalue weighted by Gasteiger charge is -2.26. The molecule has 0 radical (unpaired) electrons. The van der Waals surface area contributed by atoms with Crippen molar-refractivity contribution < 1.29 is 8.42 Å². The second-order valence-electron chi connectivity index (χ2n) is 5.09. The third kappa shape index (κ3) is 4.02. The molecule has 0 amide bonds. The summed E-state index contributed by atoms with van der Waals surface area (Å²) in [5.41, 5.74) is 1.04. The highest BCUT2D eigenvalue weighted by atomic mass is 32.2. The Morgan fingerprint density at radius 2 is 2.00 bits per heavy atom. The molecule has 2 heterocycles. The van der Waals surface area contributed by atoms with Crippen LogP contribution in [-0.2, 0) is 16.6 Å². The van der Waals surface area contributed by atoms with Gasteiger partial charge in [-0.3, -0.25) is 0 Å². The predicted molar refractivity (Wildman–Crippen MR) is 82.2 cm³/mol. The summed E-state index contributed by atoms with van der Waals surface area (Å²) in [6, 6.07) is 1.77. The molecule has 1 aliphatic rings. The molecular weight excluding hydrogens is 294 g/mol. The number of hydrazine groups is 1. The molecule has 114 valence electrons. The Kier molecular flexibility index (Phi) is 5.57. The first-order valence-electron chi connectivity index (χ1n) is 7.10. The number of thiophene rings is 1. The minimum absolute atomic E-state index is 0.411. The zero-order valence-electron chi connectivity index (χ0n) is 12.1. The lowest BCUT2D eigenvalue weighted by molar-refractivity contribution is 0.200. The van der Waals surface area contributed by atoms with E-state index in [1.54, 1.807) is 6.07 Å². The quantitative estimate of drug-likeness (QED) is 0.840. The maximum Gasteiger partial charge on any atom is 0.262 e. The number of sulfonamides is 1. The summed E-state index contributed by atoms with van der Waals surface area (Å²) in [5.74, 6) is 0. The fourth-order valence-electron chi connectivity index (χ4n) is 2.24. The molecule has 1 fully saturated rings. The summed E-state index contributed by atoms with van der Waals surface area (Å²) in [6.45, 7) is 7.21. The molecule has 1 aliphatic heterocycles. The average molecular weight is 317 g/mol. The van der Waals surface area contributed by atoms with Crippen molar-refractivity contribution in [3.63, 3.8) is 0 Å². The van der Waals surface area contributed by atoms with Crippen LogP contribution in [0.25, 0.3) is 0 Å². The molecule has 20 heavy (non-hydrogen) atoms. The molecular formula is C13H23N3O2S2. The summed E-state index contributed by atoms with van der Waals surface area (Å²) < 4.78 is 25.2. The number of rotatable bonds is 6. The molecule has 0 aliphatic carbocycles. The summed E-state index contributed by atoms with van der Waals surface area (Å²) in [6.07, 6.45) is 3.29. The lowest BCUT2D eigenvalue weighted by Crippen LogP contribution is -2.44. The summed E-state index contributed by atoms with van der Waals surface area (Å²) in [5, 5.41) is 5.05. The van der Waals surface area contributed by atoms with E-state index in [2.05, 4.69) is 10.1 Å². The van der Waals surface area contributed by atoms with E-state index in [0.29, 0.717) is 4.21 Å². The minimum Gasteiger partial charge on any atom is -0.312 e. The predicted octanol–water partition coefficient (Wildman–Crippen LogP) is 1.85. The smallest absolute Gasteiger partial charge is 0.262 e. The highest BCUT2D eigenvalue weighted by molar-refractivity contribution is 7.91. The minimum atomic E-state index is -3.42. The van der Waals surface area contributed by atoms with Crippen molar-refractivity contribution in [1.29, 1.82) is 0 Å². The van der Waals surface area contributed by atoms with Crippen molar-refractivity contribution >= 4 is 21.4 Å². The van der Waals surface area contributed by atoms with Crippen molar-refractivity contribution in [1.82, 2.24) is 15.2 Å². The van der Waals surface area contributed by atoms with Crippen LogP contribution >= 0.6 is 11.3 Å². The first kappa shape index (κ1) is 15.9. The van der Waals surface area contributed by atoms with Crippen LogP contribution in [0.4, 0.5) is 0 Å². The van der Waals surface area contributed by atoms with Gasteiger partial charge < -0.3 is 5.32 Å². The molecule has 0 bridgehead atoms. The van der Waals surface area contributed by atoms with Gasteiger partial charge in [0.25, 0.3) is 10.0 Å². The van der Waals surface area contributed by atoms with Crippen LogP contribution in [0.3, 0.4) is 0 Å². The maximum atomic E-state index is 12.4.